The maximum Gasteiger partial charge on any atom is 0.0536 e. The first-order valence-electron chi connectivity index (χ1n) is 8.28. The molecule has 1 saturated heterocycles. The maximum atomic E-state index is 4.33. The van der Waals surface area contributed by atoms with Gasteiger partial charge in [-0.2, -0.15) is 5.10 Å². The van der Waals surface area contributed by atoms with Crippen molar-refractivity contribution in [3.63, 3.8) is 0 Å². The molecule has 1 aliphatic carbocycles. The summed E-state index contributed by atoms with van der Waals surface area (Å²) in [4.78, 5) is 2.71. The van der Waals surface area contributed by atoms with E-state index in [0.717, 1.165) is 19.6 Å². The number of nitrogens with one attached hydrogen (secondary N) is 1. The molecule has 4 heteroatoms. The average Bonchev–Trinajstić information content (AvgIpc) is 2.99. The summed E-state index contributed by atoms with van der Waals surface area (Å²) < 4.78 is 2.06. The fourth-order valence-electron chi connectivity index (χ4n) is 3.93. The second-order valence-electron chi connectivity index (χ2n) is 6.52. The molecule has 4 nitrogen and oxygen atoms in total. The normalized spacial score (nSPS) is 26.9. The van der Waals surface area contributed by atoms with Crippen molar-refractivity contribution in [2.45, 2.75) is 63.6 Å². The summed E-state index contributed by atoms with van der Waals surface area (Å²) in [7, 11) is 0. The third-order valence-electron chi connectivity index (χ3n) is 5.19. The van der Waals surface area contributed by atoms with Crippen molar-refractivity contribution < 1.29 is 0 Å². The Hall–Kier alpha value is -0.870. The van der Waals surface area contributed by atoms with E-state index in [0.29, 0.717) is 11.6 Å². The number of hydrogen-bond donors (Lipinski definition) is 1. The van der Waals surface area contributed by atoms with Crippen LogP contribution in [0.2, 0.25) is 0 Å². The van der Waals surface area contributed by atoms with E-state index >= 15 is 0 Å². The summed E-state index contributed by atoms with van der Waals surface area (Å²) in [5, 5.41) is 8.22. The van der Waals surface area contributed by atoms with Crippen LogP contribution in [0.25, 0.3) is 0 Å². The van der Waals surface area contributed by atoms with Crippen LogP contribution in [-0.4, -0.2) is 45.9 Å². The van der Waals surface area contributed by atoms with Gasteiger partial charge in [0, 0.05) is 43.6 Å². The Morgan fingerprint density at radius 1 is 1.25 bits per heavy atom. The van der Waals surface area contributed by atoms with E-state index in [9.17, 15) is 0 Å². The van der Waals surface area contributed by atoms with E-state index in [1.807, 2.05) is 12.3 Å². The highest BCUT2D eigenvalue weighted by Crippen LogP contribution is 2.32. The lowest BCUT2D eigenvalue weighted by atomic mass is 9.79. The second kappa shape index (κ2) is 6.27. The number of aromatic nitrogens is 2. The van der Waals surface area contributed by atoms with Crippen molar-refractivity contribution in [1.82, 2.24) is 20.0 Å². The zero-order chi connectivity index (χ0) is 13.8. The minimum absolute atomic E-state index is 0.411. The van der Waals surface area contributed by atoms with Crippen LogP contribution in [0.4, 0.5) is 0 Å². The van der Waals surface area contributed by atoms with Gasteiger partial charge in [0.25, 0.3) is 0 Å². The predicted octanol–water partition coefficient (Wildman–Crippen LogP) is 2.27. The molecule has 1 spiro atoms. The number of nitrogens with zero attached hydrogens (tertiary/aromatic N) is 3. The van der Waals surface area contributed by atoms with Crippen LogP contribution < -0.4 is 5.32 Å². The standard InChI is InChI=1S/C16H28N4/c1-2-15-13-17-16(7-4-3-5-8-16)14-19(15)11-12-20-10-6-9-18-20/h6,9-10,15,17H,2-5,7-8,11-14H2,1H3. The fourth-order valence-corrected chi connectivity index (χ4v) is 3.93. The van der Waals surface area contributed by atoms with Crippen LogP contribution in [0.1, 0.15) is 45.4 Å². The average molecular weight is 276 g/mol. The molecule has 3 rings (SSSR count). The van der Waals surface area contributed by atoms with E-state index < -0.39 is 0 Å². The monoisotopic (exact) mass is 276 g/mol. The van der Waals surface area contributed by atoms with Gasteiger partial charge in [0.15, 0.2) is 0 Å². The van der Waals surface area contributed by atoms with Gasteiger partial charge in [0.1, 0.15) is 0 Å². The Morgan fingerprint density at radius 2 is 2.10 bits per heavy atom. The van der Waals surface area contributed by atoms with Crippen molar-refractivity contribution in [3.8, 4) is 0 Å². The lowest BCUT2D eigenvalue weighted by Crippen LogP contribution is -2.64. The molecule has 1 N–H and O–H groups in total. The van der Waals surface area contributed by atoms with Gasteiger partial charge in [0.05, 0.1) is 6.54 Å². The molecular formula is C16H28N4. The van der Waals surface area contributed by atoms with Crippen molar-refractivity contribution in [2.75, 3.05) is 19.6 Å². The summed E-state index contributed by atoms with van der Waals surface area (Å²) in [6.07, 6.45) is 12.1. The lowest BCUT2D eigenvalue weighted by Gasteiger charge is -2.49. The molecule has 0 bridgehead atoms. The molecule has 1 saturated carbocycles. The highest BCUT2D eigenvalue weighted by Gasteiger charge is 2.38. The van der Waals surface area contributed by atoms with E-state index in [1.165, 1.54) is 45.1 Å². The lowest BCUT2D eigenvalue weighted by molar-refractivity contribution is 0.0509. The topological polar surface area (TPSA) is 33.1 Å². The molecule has 2 fully saturated rings. The summed E-state index contributed by atoms with van der Waals surface area (Å²) in [5.41, 5.74) is 0.411. The first kappa shape index (κ1) is 14.1. The van der Waals surface area contributed by atoms with Gasteiger partial charge in [-0.05, 0) is 25.3 Å². The van der Waals surface area contributed by atoms with E-state index in [2.05, 4.69) is 33.1 Å². The zero-order valence-electron chi connectivity index (χ0n) is 12.7. The maximum absolute atomic E-state index is 4.33. The Bertz CT molecular complexity index is 395. The van der Waals surface area contributed by atoms with Gasteiger partial charge in [-0.25, -0.2) is 0 Å². The predicted molar refractivity (Wildman–Crippen MR) is 81.7 cm³/mol. The van der Waals surface area contributed by atoms with Crippen molar-refractivity contribution in [2.24, 2.45) is 0 Å². The van der Waals surface area contributed by atoms with Crippen molar-refractivity contribution in [1.29, 1.82) is 0 Å². The van der Waals surface area contributed by atoms with Crippen LogP contribution in [0.3, 0.4) is 0 Å². The largest absolute Gasteiger partial charge is 0.308 e. The second-order valence-corrected chi connectivity index (χ2v) is 6.52. The van der Waals surface area contributed by atoms with Crippen molar-refractivity contribution in [3.05, 3.63) is 18.5 Å². The smallest absolute Gasteiger partial charge is 0.0536 e. The molecule has 0 radical (unpaired) electrons. The molecule has 1 atom stereocenters. The summed E-state index contributed by atoms with van der Waals surface area (Å²) in [6.45, 7) is 6.84. The van der Waals surface area contributed by atoms with Gasteiger partial charge < -0.3 is 5.32 Å². The summed E-state index contributed by atoms with van der Waals surface area (Å²) in [6, 6.07) is 2.70. The van der Waals surface area contributed by atoms with E-state index in [1.54, 1.807) is 0 Å². The van der Waals surface area contributed by atoms with Gasteiger partial charge in [-0.15, -0.1) is 0 Å². The molecule has 1 aromatic rings. The van der Waals surface area contributed by atoms with Crippen LogP contribution in [-0.2, 0) is 6.54 Å². The highest BCUT2D eigenvalue weighted by atomic mass is 15.3. The Labute approximate surface area is 122 Å². The highest BCUT2D eigenvalue weighted by molar-refractivity contribution is 4.99. The van der Waals surface area contributed by atoms with Gasteiger partial charge in [-0.1, -0.05) is 26.2 Å². The third kappa shape index (κ3) is 3.07. The number of piperazine rings is 1. The molecule has 0 aromatic carbocycles. The molecule has 1 aliphatic heterocycles. The molecule has 112 valence electrons. The number of hydrogen-bond acceptors (Lipinski definition) is 3. The van der Waals surface area contributed by atoms with Gasteiger partial charge in [-0.3, -0.25) is 9.58 Å². The SMILES string of the molecule is CCC1CNC2(CCCCC2)CN1CCn1cccn1. The molecule has 2 aliphatic rings. The van der Waals surface area contributed by atoms with Crippen LogP contribution in [0, 0.1) is 0 Å². The molecule has 2 heterocycles. The minimum Gasteiger partial charge on any atom is -0.308 e. The van der Waals surface area contributed by atoms with Crippen LogP contribution in [0.15, 0.2) is 18.5 Å². The number of rotatable bonds is 4. The van der Waals surface area contributed by atoms with E-state index in [4.69, 9.17) is 0 Å². The first-order chi connectivity index (χ1) is 9.81. The van der Waals surface area contributed by atoms with Gasteiger partial charge >= 0.3 is 0 Å². The van der Waals surface area contributed by atoms with E-state index in [-0.39, 0.29) is 0 Å². The Morgan fingerprint density at radius 3 is 2.80 bits per heavy atom. The summed E-state index contributed by atoms with van der Waals surface area (Å²) >= 11 is 0. The molecule has 0 amide bonds. The minimum atomic E-state index is 0.411. The Kier molecular flexibility index (Phi) is 4.41. The van der Waals surface area contributed by atoms with Crippen LogP contribution >= 0.6 is 0 Å². The Balaban J connectivity index is 1.62. The van der Waals surface area contributed by atoms with Crippen LogP contribution in [0.5, 0.6) is 0 Å². The third-order valence-corrected chi connectivity index (χ3v) is 5.19. The molecular weight excluding hydrogens is 248 g/mol. The van der Waals surface area contributed by atoms with Crippen molar-refractivity contribution >= 4 is 0 Å². The molecule has 1 unspecified atom stereocenters. The molecule has 1 aromatic heterocycles. The fraction of sp³-hybridized carbons (Fsp3) is 0.812. The first-order valence-corrected chi connectivity index (χ1v) is 8.28. The van der Waals surface area contributed by atoms with Gasteiger partial charge in [0.2, 0.25) is 0 Å². The quantitative estimate of drug-likeness (QED) is 0.916. The molecule has 20 heavy (non-hydrogen) atoms. The summed E-state index contributed by atoms with van der Waals surface area (Å²) in [5.74, 6) is 0. The zero-order valence-corrected chi connectivity index (χ0v) is 12.7.